The molecule has 0 bridgehead atoms. The van der Waals surface area contributed by atoms with E-state index in [2.05, 4.69) is 5.32 Å². The molecule has 1 amide bonds. The molecule has 1 unspecified atom stereocenters. The third-order valence-electron chi connectivity index (χ3n) is 3.32. The number of carboxylic acid groups (broad SMARTS) is 2. The molecule has 0 spiro atoms. The van der Waals surface area contributed by atoms with Crippen LogP contribution in [0.15, 0.2) is 24.3 Å². The predicted molar refractivity (Wildman–Crippen MR) is 75.3 cm³/mol. The van der Waals surface area contributed by atoms with Crippen LogP contribution in [-0.2, 0) is 14.4 Å². The highest BCUT2D eigenvalue weighted by molar-refractivity contribution is 5.99. The van der Waals surface area contributed by atoms with Gasteiger partial charge >= 0.3 is 11.9 Å². The van der Waals surface area contributed by atoms with E-state index in [0.29, 0.717) is 12.2 Å². The van der Waals surface area contributed by atoms with Gasteiger partial charge in [-0.2, -0.15) is 0 Å². The third kappa shape index (κ3) is 3.71. The number of hydrogen-bond acceptors (Lipinski definition) is 4. The third-order valence-corrected chi connectivity index (χ3v) is 3.32. The largest absolute Gasteiger partial charge is 0.481 e. The fraction of sp³-hybridized carbons (Fsp3) is 0.357. The zero-order valence-corrected chi connectivity index (χ0v) is 11.3. The highest BCUT2D eigenvalue weighted by Crippen LogP contribution is 2.26. The first-order valence-corrected chi connectivity index (χ1v) is 6.56. The molecule has 2 rings (SSSR count). The summed E-state index contributed by atoms with van der Waals surface area (Å²) in [5.41, 5.74) is 1.40. The van der Waals surface area contributed by atoms with Crippen molar-refractivity contribution in [2.24, 2.45) is 5.92 Å². The van der Waals surface area contributed by atoms with Crippen molar-refractivity contribution in [3.8, 4) is 0 Å². The highest BCUT2D eigenvalue weighted by atomic mass is 16.4. The number of nitrogens with one attached hydrogen (secondary N) is 1. The molecule has 0 radical (unpaired) electrons. The zero-order valence-electron chi connectivity index (χ0n) is 11.3. The molecular weight excluding hydrogens is 276 g/mol. The van der Waals surface area contributed by atoms with Gasteiger partial charge in [0, 0.05) is 30.9 Å². The van der Waals surface area contributed by atoms with Gasteiger partial charge in [0.25, 0.3) is 0 Å². The lowest BCUT2D eigenvalue weighted by Gasteiger charge is -2.16. The fourth-order valence-electron chi connectivity index (χ4n) is 2.20. The molecule has 1 aliphatic heterocycles. The van der Waals surface area contributed by atoms with Gasteiger partial charge in [-0.3, -0.25) is 14.4 Å². The minimum Gasteiger partial charge on any atom is -0.481 e. The van der Waals surface area contributed by atoms with Gasteiger partial charge in [-0.1, -0.05) is 0 Å². The average Bonchev–Trinajstić information content (AvgIpc) is 2.81. The van der Waals surface area contributed by atoms with E-state index in [1.54, 1.807) is 24.3 Å². The number of carbonyl (C=O) groups excluding carboxylic acids is 1. The number of aliphatic carboxylic acids is 2. The van der Waals surface area contributed by atoms with Crippen LogP contribution < -0.4 is 10.2 Å². The number of benzene rings is 1. The molecule has 1 fully saturated rings. The predicted octanol–water partition coefficient (Wildman–Crippen LogP) is 1.01. The Morgan fingerprint density at radius 3 is 2.43 bits per heavy atom. The van der Waals surface area contributed by atoms with Gasteiger partial charge in [0.2, 0.25) is 5.91 Å². The Morgan fingerprint density at radius 1 is 1.24 bits per heavy atom. The Balaban J connectivity index is 1.97. The molecule has 1 aliphatic rings. The minimum absolute atomic E-state index is 0.0205. The van der Waals surface area contributed by atoms with E-state index >= 15 is 0 Å². The van der Waals surface area contributed by atoms with E-state index in [0.717, 1.165) is 5.69 Å². The van der Waals surface area contributed by atoms with Crippen molar-refractivity contribution in [3.63, 3.8) is 0 Å². The molecule has 7 heteroatoms. The van der Waals surface area contributed by atoms with Crippen molar-refractivity contribution in [3.05, 3.63) is 24.3 Å². The summed E-state index contributed by atoms with van der Waals surface area (Å²) in [6.45, 7) is 0.498. The molecule has 1 aromatic rings. The fourth-order valence-corrected chi connectivity index (χ4v) is 2.20. The van der Waals surface area contributed by atoms with Gasteiger partial charge in [0.1, 0.15) is 0 Å². The summed E-state index contributed by atoms with van der Waals surface area (Å²) in [6, 6.07) is 6.90. The maximum absolute atomic E-state index is 11.8. The van der Waals surface area contributed by atoms with E-state index in [1.165, 1.54) is 4.90 Å². The van der Waals surface area contributed by atoms with Crippen LogP contribution in [0.1, 0.15) is 12.8 Å². The van der Waals surface area contributed by atoms with Crippen molar-refractivity contribution in [2.75, 3.05) is 23.3 Å². The van der Waals surface area contributed by atoms with Crippen LogP contribution in [0.4, 0.5) is 11.4 Å². The Kier molecular flexibility index (Phi) is 4.42. The van der Waals surface area contributed by atoms with E-state index in [4.69, 9.17) is 10.2 Å². The van der Waals surface area contributed by atoms with Gasteiger partial charge in [0.05, 0.1) is 12.3 Å². The van der Waals surface area contributed by atoms with Gasteiger partial charge < -0.3 is 20.4 Å². The van der Waals surface area contributed by atoms with Crippen molar-refractivity contribution in [1.29, 1.82) is 0 Å². The summed E-state index contributed by atoms with van der Waals surface area (Å²) < 4.78 is 0. The van der Waals surface area contributed by atoms with Gasteiger partial charge in [-0.15, -0.1) is 0 Å². The van der Waals surface area contributed by atoms with Crippen LogP contribution >= 0.6 is 0 Å². The Labute approximate surface area is 121 Å². The molecule has 1 aromatic carbocycles. The van der Waals surface area contributed by atoms with Crippen LogP contribution in [0.5, 0.6) is 0 Å². The van der Waals surface area contributed by atoms with Crippen LogP contribution in [0.25, 0.3) is 0 Å². The highest BCUT2D eigenvalue weighted by Gasteiger charge is 2.34. The Hall–Kier alpha value is -2.57. The summed E-state index contributed by atoms with van der Waals surface area (Å²) >= 11 is 0. The smallest absolute Gasteiger partial charge is 0.308 e. The normalized spacial score (nSPS) is 17.8. The summed E-state index contributed by atoms with van der Waals surface area (Å²) in [6.07, 6.45) is 0.0423. The standard InChI is InChI=1S/C14H16N2O5/c17-12-7-9(14(20)21)8-16(12)11-3-1-10(2-4-11)15-6-5-13(18)19/h1-4,9,15H,5-8H2,(H,18,19)(H,20,21). The van der Waals surface area contributed by atoms with Crippen LogP contribution in [-0.4, -0.2) is 41.1 Å². The number of anilines is 2. The lowest BCUT2D eigenvalue weighted by molar-refractivity contribution is -0.141. The number of nitrogens with zero attached hydrogens (tertiary/aromatic N) is 1. The molecule has 3 N–H and O–H groups in total. The first-order chi connectivity index (χ1) is 9.97. The van der Waals surface area contributed by atoms with Gasteiger partial charge in [-0.25, -0.2) is 0 Å². The van der Waals surface area contributed by atoms with Gasteiger partial charge in [-0.05, 0) is 24.3 Å². The number of carboxylic acids is 2. The first kappa shape index (κ1) is 14.8. The van der Waals surface area contributed by atoms with Crippen molar-refractivity contribution in [2.45, 2.75) is 12.8 Å². The number of rotatable bonds is 6. The number of hydrogen-bond donors (Lipinski definition) is 3. The zero-order chi connectivity index (χ0) is 15.4. The topological polar surface area (TPSA) is 107 Å². The van der Waals surface area contributed by atoms with Crippen LogP contribution in [0.3, 0.4) is 0 Å². The van der Waals surface area contributed by atoms with Gasteiger partial charge in [0.15, 0.2) is 0 Å². The van der Waals surface area contributed by atoms with Crippen molar-refractivity contribution < 1.29 is 24.6 Å². The lowest BCUT2D eigenvalue weighted by atomic mass is 10.1. The molecule has 1 heterocycles. The molecule has 0 aromatic heterocycles. The second-order valence-corrected chi connectivity index (χ2v) is 4.86. The minimum atomic E-state index is -0.960. The average molecular weight is 292 g/mol. The molecule has 112 valence electrons. The summed E-state index contributed by atoms with van der Waals surface area (Å²) in [5.74, 6) is -2.70. The monoisotopic (exact) mass is 292 g/mol. The van der Waals surface area contributed by atoms with Crippen molar-refractivity contribution in [1.82, 2.24) is 0 Å². The van der Waals surface area contributed by atoms with E-state index < -0.39 is 17.9 Å². The lowest BCUT2D eigenvalue weighted by Crippen LogP contribution is -2.25. The molecule has 1 atom stereocenters. The summed E-state index contributed by atoms with van der Waals surface area (Å²) in [7, 11) is 0. The summed E-state index contributed by atoms with van der Waals surface area (Å²) in [5, 5.41) is 20.4. The molecule has 1 saturated heterocycles. The van der Waals surface area contributed by atoms with Crippen LogP contribution in [0.2, 0.25) is 0 Å². The SMILES string of the molecule is O=C(O)CCNc1ccc(N2CC(C(=O)O)CC2=O)cc1. The number of carbonyl (C=O) groups is 3. The maximum atomic E-state index is 11.8. The Morgan fingerprint density at radius 2 is 1.90 bits per heavy atom. The van der Waals surface area contributed by atoms with E-state index in [1.807, 2.05) is 0 Å². The number of amides is 1. The molecule has 0 aliphatic carbocycles. The molecule has 21 heavy (non-hydrogen) atoms. The van der Waals surface area contributed by atoms with E-state index in [-0.39, 0.29) is 25.3 Å². The van der Waals surface area contributed by atoms with E-state index in [9.17, 15) is 14.4 Å². The first-order valence-electron chi connectivity index (χ1n) is 6.56. The quantitative estimate of drug-likeness (QED) is 0.722. The van der Waals surface area contributed by atoms with Crippen molar-refractivity contribution >= 4 is 29.2 Å². The maximum Gasteiger partial charge on any atom is 0.308 e. The molecule has 0 saturated carbocycles. The summed E-state index contributed by atoms with van der Waals surface area (Å²) in [4.78, 5) is 34.6. The molecule has 7 nitrogen and oxygen atoms in total. The van der Waals surface area contributed by atoms with Crippen LogP contribution in [0, 0.1) is 5.92 Å². The molecular formula is C14H16N2O5. The second kappa shape index (κ2) is 6.25. The Bertz CT molecular complexity index is 555. The second-order valence-electron chi connectivity index (χ2n) is 4.86.